The molecule has 13 nitrogen and oxygen atoms in total. The van der Waals surface area contributed by atoms with Crippen molar-refractivity contribution in [3.8, 4) is 34.5 Å². The number of aromatic amines is 1. The second-order valence-corrected chi connectivity index (χ2v) is 23.5. The number of benzene rings is 5. The monoisotopic (exact) mass is 1130 g/mol. The number of carbonyl (C=O) groups excluding carboxylic acids is 3. The van der Waals surface area contributed by atoms with E-state index in [1.54, 1.807) is 24.3 Å². The SMILES string of the molecule is COc1cc(C2CC(=O)CC(OC(C)=O)CCC3(C=CC=CC3C)Cc3c[nH]cc3CC(c3cccc(O)c3)C3=CCNC(=C3)N(CCC(=O)C3CCCCC3)c3cccc4cn2cc34)cc(O)c1Oc1cc(O)cc(Cc2ccccc2)c1. The van der Waals surface area contributed by atoms with Gasteiger partial charge in [-0.2, -0.15) is 0 Å². The number of nitrogens with one attached hydrogen (secondary N) is 2. The van der Waals surface area contributed by atoms with Crippen LogP contribution in [0.3, 0.4) is 0 Å². The summed E-state index contributed by atoms with van der Waals surface area (Å²) in [4.78, 5) is 48.0. The fourth-order valence-corrected chi connectivity index (χ4v) is 13.4. The van der Waals surface area contributed by atoms with Gasteiger partial charge in [0.15, 0.2) is 11.5 Å². The minimum atomic E-state index is -0.728. The van der Waals surface area contributed by atoms with Gasteiger partial charge in [0.05, 0.1) is 18.8 Å². The summed E-state index contributed by atoms with van der Waals surface area (Å²) < 4.78 is 20.5. The number of phenols is 3. The van der Waals surface area contributed by atoms with Gasteiger partial charge in [0.1, 0.15) is 40.7 Å². The topological polar surface area (TPSA) is 176 Å². The number of hydrogen-bond donors (Lipinski definition) is 5. The third-order valence-electron chi connectivity index (χ3n) is 17.8. The average Bonchev–Trinajstić information content (AvgIpc) is 4.27. The number of anilines is 1. The number of fused-ring (bicyclic) bond motifs is 3. The molecule has 7 aromatic rings. The highest BCUT2D eigenvalue weighted by Crippen LogP contribution is 2.47. The Morgan fingerprint density at radius 3 is 2.42 bits per heavy atom. The molecule has 2 aliphatic heterocycles. The number of aromatic hydroxyl groups is 3. The number of carbonyl (C=O) groups is 3. The number of H-pyrrole nitrogens is 1. The first kappa shape index (κ1) is 57.1. The molecule has 2 aromatic heterocycles. The number of Topliss-reactive ketones (excluding diaryl/α,β-unsaturated/α-hetero) is 2. The molecule has 434 valence electrons. The van der Waals surface area contributed by atoms with E-state index in [0.29, 0.717) is 62.9 Å². The molecule has 0 amide bonds. The Morgan fingerprint density at radius 2 is 1.62 bits per heavy atom. The Balaban J connectivity index is 1.04. The van der Waals surface area contributed by atoms with E-state index < -0.39 is 23.5 Å². The third kappa shape index (κ3) is 13.1. The number of esters is 1. The quantitative estimate of drug-likeness (QED) is 0.0736. The van der Waals surface area contributed by atoms with E-state index in [1.165, 1.54) is 20.1 Å². The largest absolute Gasteiger partial charge is 0.508 e. The minimum Gasteiger partial charge on any atom is -0.508 e. The fourth-order valence-electron chi connectivity index (χ4n) is 13.4. The number of nitrogens with zero attached hydrogens (tertiary/aromatic N) is 2. The summed E-state index contributed by atoms with van der Waals surface area (Å²) >= 11 is 0. The van der Waals surface area contributed by atoms with Gasteiger partial charge >= 0.3 is 5.97 Å². The minimum absolute atomic E-state index is 0.00259. The van der Waals surface area contributed by atoms with Gasteiger partial charge < -0.3 is 49.3 Å². The van der Waals surface area contributed by atoms with Crippen LogP contribution in [0.15, 0.2) is 176 Å². The zero-order valence-electron chi connectivity index (χ0n) is 48.3. The van der Waals surface area contributed by atoms with Crippen LogP contribution in [-0.4, -0.2) is 68.7 Å². The highest BCUT2D eigenvalue weighted by molar-refractivity contribution is 5.95. The van der Waals surface area contributed by atoms with Crippen molar-refractivity contribution < 1.29 is 43.9 Å². The van der Waals surface area contributed by atoms with E-state index in [9.17, 15) is 24.9 Å². The number of phenolic OH excluding ortho intramolecular Hbond substituents is 3. The Bertz CT molecular complexity index is 3660. The summed E-state index contributed by atoms with van der Waals surface area (Å²) in [6.07, 6.45) is 28.9. The van der Waals surface area contributed by atoms with Gasteiger partial charge in [0.25, 0.3) is 0 Å². The number of methoxy groups -OCH3 is 1. The molecule has 1 saturated carbocycles. The van der Waals surface area contributed by atoms with Crippen molar-refractivity contribution in [3.63, 3.8) is 0 Å². The lowest BCUT2D eigenvalue weighted by atomic mass is 9.66. The molecule has 0 radical (unpaired) electrons. The van der Waals surface area contributed by atoms with Crippen molar-refractivity contribution >= 4 is 34.0 Å². The van der Waals surface area contributed by atoms with Crippen LogP contribution in [-0.2, 0) is 38.4 Å². The number of aromatic nitrogens is 2. The number of rotatable bonds is 12. The van der Waals surface area contributed by atoms with Crippen LogP contribution in [0.1, 0.15) is 123 Å². The lowest BCUT2D eigenvalue weighted by Gasteiger charge is -2.38. The number of hydrogen-bond acceptors (Lipinski definition) is 11. The molecule has 4 aliphatic rings. The molecular formula is C71H76N4O9. The second-order valence-electron chi connectivity index (χ2n) is 23.5. The summed E-state index contributed by atoms with van der Waals surface area (Å²) in [6.45, 7) is 4.54. The van der Waals surface area contributed by atoms with Crippen molar-refractivity contribution in [2.45, 2.75) is 115 Å². The first-order valence-corrected chi connectivity index (χ1v) is 29.8. The van der Waals surface area contributed by atoms with Gasteiger partial charge in [-0.15, -0.1) is 0 Å². The van der Waals surface area contributed by atoms with Crippen LogP contribution >= 0.6 is 0 Å². The summed E-state index contributed by atoms with van der Waals surface area (Å²) in [5, 5.41) is 39.5. The van der Waals surface area contributed by atoms with Gasteiger partial charge in [0, 0.05) is 92.7 Å². The first-order valence-electron chi connectivity index (χ1n) is 29.8. The summed E-state index contributed by atoms with van der Waals surface area (Å²) in [5.74, 6) is 0.956. The standard InChI is InChI=1S/C71H76N4O9/c1-46-14-10-11-26-71(46)27-23-60(83-47(2)76)38-59(79)40-65(54-35-67(81)70(68(36-54)82-3)84-61-32-49(31-58(78)39-61)30-48-15-6-4-7-16-48)74-44-53-20-13-22-64(63(53)45-74)75(29-25-66(80)50-17-8-5-9-18-50)69-37-52(24-28-73-69)62(51-19-12-21-57(77)33-51)34-55-42-72-43-56(55)41-71/h4,6-7,10-16,19-22,24,26,31-33,35-37,39,42-46,50,60,62,65,72-73,77-78,81H,5,8-9,17-18,23,25,27-30,34,38,40-41H2,1-3H3. The fraction of sp³-hybridized carbons (Fsp3) is 0.338. The van der Waals surface area contributed by atoms with Gasteiger partial charge in [-0.05, 0) is 144 Å². The number of ketones is 2. The molecule has 0 saturated heterocycles. The molecule has 11 rings (SSSR count). The van der Waals surface area contributed by atoms with E-state index in [2.05, 4.69) is 83.1 Å². The zero-order chi connectivity index (χ0) is 58.3. The first-order chi connectivity index (χ1) is 40.8. The molecule has 2 aliphatic carbocycles. The van der Waals surface area contributed by atoms with E-state index in [4.69, 9.17) is 14.2 Å². The molecule has 5 N–H and O–H groups in total. The lowest BCUT2D eigenvalue weighted by Crippen LogP contribution is -2.36. The normalized spacial score (nSPS) is 21.5. The summed E-state index contributed by atoms with van der Waals surface area (Å²) in [5.41, 5.74) is 7.24. The number of allylic oxidation sites excluding steroid dienone is 6. The molecule has 1 fully saturated rings. The van der Waals surface area contributed by atoms with Crippen LogP contribution in [0.25, 0.3) is 10.8 Å². The maximum Gasteiger partial charge on any atom is 0.302 e. The molecular weight excluding hydrogens is 1050 g/mol. The third-order valence-corrected chi connectivity index (χ3v) is 17.8. The molecule has 84 heavy (non-hydrogen) atoms. The van der Waals surface area contributed by atoms with Crippen LogP contribution < -0.4 is 19.7 Å². The van der Waals surface area contributed by atoms with Crippen molar-refractivity contribution in [3.05, 3.63) is 209 Å². The molecule has 5 aromatic carbocycles. The Morgan fingerprint density at radius 1 is 0.798 bits per heavy atom. The number of dihydropyridines is 1. The van der Waals surface area contributed by atoms with Crippen molar-refractivity contribution in [2.24, 2.45) is 17.3 Å². The summed E-state index contributed by atoms with van der Waals surface area (Å²) in [6, 6.07) is 31.2. The Labute approximate surface area is 492 Å². The van der Waals surface area contributed by atoms with Crippen LogP contribution in [0, 0.1) is 17.3 Å². The predicted octanol–water partition coefficient (Wildman–Crippen LogP) is 14.2. The van der Waals surface area contributed by atoms with Gasteiger partial charge in [-0.1, -0.05) is 111 Å². The molecule has 5 atom stereocenters. The molecule has 5 unspecified atom stereocenters. The van der Waals surface area contributed by atoms with Crippen LogP contribution in [0.5, 0.6) is 34.5 Å². The average molecular weight is 1130 g/mol. The van der Waals surface area contributed by atoms with Crippen LogP contribution in [0.4, 0.5) is 5.69 Å². The second kappa shape index (κ2) is 25.4. The molecule has 4 heterocycles. The lowest BCUT2D eigenvalue weighted by molar-refractivity contribution is -0.148. The van der Waals surface area contributed by atoms with Gasteiger partial charge in [-0.3, -0.25) is 14.4 Å². The van der Waals surface area contributed by atoms with E-state index in [1.807, 2.05) is 77.6 Å². The molecule has 13 heteroatoms. The van der Waals surface area contributed by atoms with E-state index in [-0.39, 0.29) is 70.9 Å². The van der Waals surface area contributed by atoms with E-state index in [0.717, 1.165) is 87.8 Å². The van der Waals surface area contributed by atoms with Crippen molar-refractivity contribution in [1.82, 2.24) is 14.9 Å². The maximum atomic E-state index is 15.1. The zero-order valence-corrected chi connectivity index (χ0v) is 48.3. The van der Waals surface area contributed by atoms with E-state index >= 15 is 4.79 Å². The highest BCUT2D eigenvalue weighted by Gasteiger charge is 2.37. The maximum absolute atomic E-state index is 15.1. The number of ether oxygens (including phenoxy) is 3. The molecule has 4 bridgehead atoms. The predicted molar refractivity (Wildman–Crippen MR) is 328 cm³/mol. The van der Waals surface area contributed by atoms with Crippen LogP contribution in [0.2, 0.25) is 0 Å². The smallest absolute Gasteiger partial charge is 0.302 e. The Hall–Kier alpha value is -8.71. The van der Waals surface area contributed by atoms with Gasteiger partial charge in [0.2, 0.25) is 5.75 Å². The molecule has 1 spiro atoms. The van der Waals surface area contributed by atoms with Gasteiger partial charge in [-0.25, -0.2) is 0 Å². The highest BCUT2D eigenvalue weighted by atomic mass is 16.5. The van der Waals surface area contributed by atoms with Crippen molar-refractivity contribution in [2.75, 3.05) is 25.1 Å². The Kier molecular flexibility index (Phi) is 17.3. The summed E-state index contributed by atoms with van der Waals surface area (Å²) in [7, 11) is 1.49. The van der Waals surface area contributed by atoms with Crippen molar-refractivity contribution in [1.29, 1.82) is 0 Å².